The van der Waals surface area contributed by atoms with Gasteiger partial charge in [0.2, 0.25) is 10.0 Å². The van der Waals surface area contributed by atoms with E-state index in [2.05, 4.69) is 9.71 Å². The van der Waals surface area contributed by atoms with Gasteiger partial charge in [-0.25, -0.2) is 13.1 Å². The number of pyridine rings is 1. The molecule has 0 aliphatic carbocycles. The molecule has 1 N–H and O–H groups in total. The van der Waals surface area contributed by atoms with Crippen LogP contribution in [0.25, 0.3) is 11.1 Å². The molecular formula is C21H22N2O2S. The topological polar surface area (TPSA) is 59.1 Å². The van der Waals surface area contributed by atoms with Crippen LogP contribution in [-0.2, 0) is 15.6 Å². The smallest absolute Gasteiger partial charge is 0.241 e. The van der Waals surface area contributed by atoms with E-state index >= 15 is 0 Å². The van der Waals surface area contributed by atoms with Crippen molar-refractivity contribution < 1.29 is 8.42 Å². The summed E-state index contributed by atoms with van der Waals surface area (Å²) in [5.41, 5.74) is 3.10. The molecule has 3 rings (SSSR count). The Morgan fingerprint density at radius 1 is 0.885 bits per heavy atom. The van der Waals surface area contributed by atoms with Crippen molar-refractivity contribution in [2.45, 2.75) is 31.2 Å². The fraction of sp³-hybridized carbons (Fsp3) is 0.190. The Morgan fingerprint density at radius 3 is 2.27 bits per heavy atom. The van der Waals surface area contributed by atoms with Crippen LogP contribution in [0, 0.1) is 6.92 Å². The monoisotopic (exact) mass is 366 g/mol. The lowest BCUT2D eigenvalue weighted by molar-refractivity contribution is 0.472. The third-order valence-corrected chi connectivity index (χ3v) is 5.94. The molecule has 0 spiro atoms. The van der Waals surface area contributed by atoms with Crippen LogP contribution >= 0.6 is 0 Å². The minimum absolute atomic E-state index is 0.274. The molecule has 4 nitrogen and oxygen atoms in total. The third kappa shape index (κ3) is 4.00. The van der Waals surface area contributed by atoms with Crippen molar-refractivity contribution in [3.05, 3.63) is 84.2 Å². The minimum atomic E-state index is -3.63. The van der Waals surface area contributed by atoms with E-state index < -0.39 is 15.6 Å². The van der Waals surface area contributed by atoms with Gasteiger partial charge < -0.3 is 0 Å². The molecule has 0 unspecified atom stereocenters. The maximum absolute atomic E-state index is 12.8. The van der Waals surface area contributed by atoms with Gasteiger partial charge in [-0.05, 0) is 73.4 Å². The SMILES string of the molecule is Cc1cccc(S(=O)(=O)NC(C)(C)c2cccc(-c3ccncc3)c2)c1. The highest BCUT2D eigenvalue weighted by atomic mass is 32.2. The molecule has 0 bridgehead atoms. The molecule has 26 heavy (non-hydrogen) atoms. The second-order valence-corrected chi connectivity index (χ2v) is 8.55. The van der Waals surface area contributed by atoms with Gasteiger partial charge in [0.15, 0.2) is 0 Å². The van der Waals surface area contributed by atoms with Crippen molar-refractivity contribution in [3.8, 4) is 11.1 Å². The normalized spacial score (nSPS) is 12.1. The van der Waals surface area contributed by atoms with Gasteiger partial charge in [0, 0.05) is 12.4 Å². The molecular weight excluding hydrogens is 344 g/mol. The van der Waals surface area contributed by atoms with E-state index in [-0.39, 0.29) is 4.90 Å². The Balaban J connectivity index is 1.93. The van der Waals surface area contributed by atoms with Crippen molar-refractivity contribution in [1.29, 1.82) is 0 Å². The van der Waals surface area contributed by atoms with Gasteiger partial charge in [0.05, 0.1) is 10.4 Å². The van der Waals surface area contributed by atoms with Crippen LogP contribution in [0.2, 0.25) is 0 Å². The predicted octanol–water partition coefficient (Wildman–Crippen LogP) is 4.27. The summed E-state index contributed by atoms with van der Waals surface area (Å²) in [7, 11) is -3.63. The van der Waals surface area contributed by atoms with Crippen LogP contribution in [0.3, 0.4) is 0 Å². The first kappa shape index (κ1) is 18.3. The van der Waals surface area contributed by atoms with Crippen molar-refractivity contribution in [2.75, 3.05) is 0 Å². The summed E-state index contributed by atoms with van der Waals surface area (Å²) in [5, 5.41) is 0. The number of hydrogen-bond donors (Lipinski definition) is 1. The number of benzene rings is 2. The lowest BCUT2D eigenvalue weighted by Crippen LogP contribution is -2.40. The summed E-state index contributed by atoms with van der Waals surface area (Å²) in [4.78, 5) is 4.31. The molecule has 1 heterocycles. The maximum atomic E-state index is 12.8. The molecule has 0 amide bonds. The van der Waals surface area contributed by atoms with Crippen LogP contribution in [0.4, 0.5) is 0 Å². The highest BCUT2D eigenvalue weighted by Crippen LogP contribution is 2.27. The first-order valence-corrected chi connectivity index (χ1v) is 9.88. The van der Waals surface area contributed by atoms with E-state index in [1.807, 2.05) is 63.2 Å². The molecule has 0 aliphatic heterocycles. The van der Waals surface area contributed by atoms with E-state index in [0.717, 1.165) is 22.3 Å². The molecule has 0 fully saturated rings. The van der Waals surface area contributed by atoms with Gasteiger partial charge in [0.1, 0.15) is 0 Å². The van der Waals surface area contributed by atoms with Crippen LogP contribution in [0.15, 0.2) is 78.0 Å². The van der Waals surface area contributed by atoms with E-state index in [4.69, 9.17) is 0 Å². The Morgan fingerprint density at radius 2 is 1.58 bits per heavy atom. The van der Waals surface area contributed by atoms with Crippen LogP contribution in [0.5, 0.6) is 0 Å². The van der Waals surface area contributed by atoms with Crippen molar-refractivity contribution in [2.24, 2.45) is 0 Å². The zero-order valence-electron chi connectivity index (χ0n) is 15.1. The average Bonchev–Trinajstić information content (AvgIpc) is 2.62. The van der Waals surface area contributed by atoms with E-state index in [9.17, 15) is 8.42 Å². The van der Waals surface area contributed by atoms with Gasteiger partial charge in [-0.1, -0.05) is 30.3 Å². The number of hydrogen-bond acceptors (Lipinski definition) is 3. The summed E-state index contributed by atoms with van der Waals surface area (Å²) >= 11 is 0. The van der Waals surface area contributed by atoms with Crippen LogP contribution in [-0.4, -0.2) is 13.4 Å². The zero-order chi connectivity index (χ0) is 18.8. The summed E-state index contributed by atoms with van der Waals surface area (Å²) in [6.07, 6.45) is 3.49. The van der Waals surface area contributed by atoms with Gasteiger partial charge in [-0.2, -0.15) is 0 Å². The number of nitrogens with zero attached hydrogens (tertiary/aromatic N) is 1. The van der Waals surface area contributed by atoms with Gasteiger partial charge in [-0.15, -0.1) is 0 Å². The molecule has 0 saturated carbocycles. The van der Waals surface area contributed by atoms with Crippen molar-refractivity contribution in [1.82, 2.24) is 9.71 Å². The third-order valence-electron chi connectivity index (χ3n) is 4.29. The summed E-state index contributed by atoms with van der Waals surface area (Å²) < 4.78 is 28.4. The first-order chi connectivity index (χ1) is 12.3. The first-order valence-electron chi connectivity index (χ1n) is 8.39. The van der Waals surface area contributed by atoms with E-state index in [0.29, 0.717) is 0 Å². The second-order valence-electron chi connectivity index (χ2n) is 6.86. The number of nitrogens with one attached hydrogen (secondary N) is 1. The molecule has 134 valence electrons. The maximum Gasteiger partial charge on any atom is 0.241 e. The van der Waals surface area contributed by atoms with Gasteiger partial charge >= 0.3 is 0 Å². The minimum Gasteiger partial charge on any atom is -0.265 e. The van der Waals surface area contributed by atoms with E-state index in [1.165, 1.54) is 0 Å². The van der Waals surface area contributed by atoms with Crippen molar-refractivity contribution >= 4 is 10.0 Å². The Bertz CT molecular complexity index is 1010. The average molecular weight is 366 g/mol. The Hall–Kier alpha value is -2.50. The van der Waals surface area contributed by atoms with Crippen molar-refractivity contribution in [3.63, 3.8) is 0 Å². The predicted molar refractivity (Wildman–Crippen MR) is 104 cm³/mol. The molecule has 0 aliphatic rings. The molecule has 2 aromatic carbocycles. The standard InChI is InChI=1S/C21H22N2O2S/c1-16-6-4-9-20(14-16)26(24,25)23-21(2,3)19-8-5-7-18(15-19)17-10-12-22-13-11-17/h4-15,23H,1-3H3. The summed E-state index contributed by atoms with van der Waals surface area (Å²) in [5.74, 6) is 0. The number of rotatable bonds is 5. The number of sulfonamides is 1. The number of aryl methyl sites for hydroxylation is 1. The number of aromatic nitrogens is 1. The molecule has 0 atom stereocenters. The summed E-state index contributed by atoms with van der Waals surface area (Å²) in [6.45, 7) is 5.61. The highest BCUT2D eigenvalue weighted by Gasteiger charge is 2.28. The highest BCUT2D eigenvalue weighted by molar-refractivity contribution is 7.89. The van der Waals surface area contributed by atoms with Gasteiger partial charge in [0.25, 0.3) is 0 Å². The van der Waals surface area contributed by atoms with Crippen LogP contribution in [0.1, 0.15) is 25.0 Å². The molecule has 5 heteroatoms. The molecule has 0 radical (unpaired) electrons. The second kappa shape index (κ2) is 7.02. The van der Waals surface area contributed by atoms with E-state index in [1.54, 1.807) is 30.6 Å². The molecule has 0 saturated heterocycles. The fourth-order valence-corrected chi connectivity index (χ4v) is 4.37. The Kier molecular flexibility index (Phi) is 4.94. The molecule has 1 aromatic heterocycles. The van der Waals surface area contributed by atoms with Crippen LogP contribution < -0.4 is 4.72 Å². The largest absolute Gasteiger partial charge is 0.265 e. The lowest BCUT2D eigenvalue weighted by Gasteiger charge is -2.27. The Labute approximate surface area is 155 Å². The zero-order valence-corrected chi connectivity index (χ0v) is 15.9. The van der Waals surface area contributed by atoms with Gasteiger partial charge in [-0.3, -0.25) is 4.98 Å². The lowest BCUT2D eigenvalue weighted by atomic mass is 9.92. The summed E-state index contributed by atoms with van der Waals surface area (Å²) in [6, 6.07) is 18.7. The molecule has 3 aromatic rings. The quantitative estimate of drug-likeness (QED) is 0.733. The fourth-order valence-electron chi connectivity index (χ4n) is 2.87.